The zero-order valence-corrected chi connectivity index (χ0v) is 14.9. The maximum atomic E-state index is 12.8. The van der Waals surface area contributed by atoms with Crippen LogP contribution in [0.15, 0.2) is 52.3 Å². The van der Waals surface area contributed by atoms with Crippen molar-refractivity contribution in [1.82, 2.24) is 0 Å². The molecule has 2 aromatic rings. The largest absolute Gasteiger partial charge is 0.494 e. The number of hydrogen-bond donors (Lipinski definition) is 0. The van der Waals surface area contributed by atoms with Gasteiger partial charge in [-0.25, -0.2) is 8.42 Å². The molecule has 2 aromatic carbocycles. The highest BCUT2D eigenvalue weighted by Gasteiger charge is 2.20. The topological polar surface area (TPSA) is 69.7 Å². The van der Waals surface area contributed by atoms with Crippen LogP contribution in [0.2, 0.25) is 5.02 Å². The minimum Gasteiger partial charge on any atom is -0.494 e. The van der Waals surface area contributed by atoms with Crippen LogP contribution in [0.25, 0.3) is 0 Å². The van der Waals surface area contributed by atoms with Crippen molar-refractivity contribution < 1.29 is 22.7 Å². The van der Waals surface area contributed by atoms with Crippen LogP contribution in [0.1, 0.15) is 12.5 Å². The van der Waals surface area contributed by atoms with Crippen molar-refractivity contribution in [1.29, 1.82) is 0 Å². The molecule has 2 rings (SSSR count). The van der Waals surface area contributed by atoms with Gasteiger partial charge in [0.25, 0.3) is 0 Å². The van der Waals surface area contributed by atoms with Gasteiger partial charge in [0, 0.05) is 5.02 Å². The van der Waals surface area contributed by atoms with Crippen LogP contribution in [-0.4, -0.2) is 28.1 Å². The van der Waals surface area contributed by atoms with E-state index in [-0.39, 0.29) is 16.2 Å². The first-order valence-electron chi connectivity index (χ1n) is 7.21. The third kappa shape index (κ3) is 4.27. The molecule has 24 heavy (non-hydrogen) atoms. The van der Waals surface area contributed by atoms with Gasteiger partial charge >= 0.3 is 5.97 Å². The molecule has 0 aliphatic carbocycles. The number of halogens is 1. The molecule has 7 heteroatoms. The summed E-state index contributed by atoms with van der Waals surface area (Å²) < 4.78 is 35.7. The fourth-order valence-corrected chi connectivity index (χ4v) is 3.79. The van der Waals surface area contributed by atoms with Crippen molar-refractivity contribution in [2.75, 3.05) is 13.7 Å². The first kappa shape index (κ1) is 18.3. The summed E-state index contributed by atoms with van der Waals surface area (Å²) in [6.45, 7) is 2.16. The maximum Gasteiger partial charge on any atom is 0.309 e. The molecule has 0 heterocycles. The van der Waals surface area contributed by atoms with Gasteiger partial charge in [0.2, 0.25) is 9.84 Å². The molecular formula is C17H17ClO5S. The molecular weight excluding hydrogens is 352 g/mol. The molecule has 0 aliphatic rings. The van der Waals surface area contributed by atoms with Crippen LogP contribution in [0.5, 0.6) is 5.75 Å². The van der Waals surface area contributed by atoms with E-state index in [0.717, 1.165) is 0 Å². The summed E-state index contributed by atoms with van der Waals surface area (Å²) in [6, 6.07) is 10.5. The quantitative estimate of drug-likeness (QED) is 0.732. The lowest BCUT2D eigenvalue weighted by atomic mass is 10.1. The van der Waals surface area contributed by atoms with Gasteiger partial charge in [0.15, 0.2) is 0 Å². The Morgan fingerprint density at radius 1 is 1.12 bits per heavy atom. The minimum absolute atomic E-state index is 0.0367. The summed E-state index contributed by atoms with van der Waals surface area (Å²) in [7, 11) is -2.51. The SMILES string of the molecule is CCOc1cc(CC(=O)OC)cc(S(=O)(=O)c2cccc(Cl)c2)c1. The summed E-state index contributed by atoms with van der Waals surface area (Å²) in [5, 5.41) is 0.326. The lowest BCUT2D eigenvalue weighted by Crippen LogP contribution is -2.08. The Kier molecular flexibility index (Phi) is 5.85. The number of carbonyl (C=O) groups is 1. The van der Waals surface area contributed by atoms with Gasteiger partial charge in [-0.05, 0) is 48.9 Å². The van der Waals surface area contributed by atoms with Gasteiger partial charge in [-0.3, -0.25) is 4.79 Å². The molecule has 0 aromatic heterocycles. The minimum atomic E-state index is -3.78. The third-order valence-electron chi connectivity index (χ3n) is 3.24. The van der Waals surface area contributed by atoms with Gasteiger partial charge in [-0.2, -0.15) is 0 Å². The lowest BCUT2D eigenvalue weighted by molar-refractivity contribution is -0.139. The van der Waals surface area contributed by atoms with Crippen LogP contribution < -0.4 is 4.74 Å². The van der Waals surface area contributed by atoms with Crippen molar-refractivity contribution in [3.63, 3.8) is 0 Å². The van der Waals surface area contributed by atoms with E-state index in [4.69, 9.17) is 16.3 Å². The number of benzene rings is 2. The lowest BCUT2D eigenvalue weighted by Gasteiger charge is -2.11. The first-order valence-corrected chi connectivity index (χ1v) is 9.07. The van der Waals surface area contributed by atoms with Crippen molar-refractivity contribution in [2.45, 2.75) is 23.1 Å². The van der Waals surface area contributed by atoms with E-state index in [1.54, 1.807) is 25.1 Å². The smallest absolute Gasteiger partial charge is 0.309 e. The van der Waals surface area contributed by atoms with Crippen LogP contribution in [-0.2, 0) is 25.8 Å². The molecule has 0 bridgehead atoms. The molecule has 0 saturated heterocycles. The van der Waals surface area contributed by atoms with E-state index in [2.05, 4.69) is 4.74 Å². The zero-order valence-electron chi connectivity index (χ0n) is 13.3. The first-order chi connectivity index (χ1) is 11.4. The number of ether oxygens (including phenoxy) is 2. The number of hydrogen-bond acceptors (Lipinski definition) is 5. The molecule has 0 atom stereocenters. The Hall–Kier alpha value is -2.05. The Bertz CT molecular complexity index is 846. The van der Waals surface area contributed by atoms with Crippen LogP contribution in [0.4, 0.5) is 0 Å². The number of sulfone groups is 1. The van der Waals surface area contributed by atoms with E-state index in [9.17, 15) is 13.2 Å². The van der Waals surface area contributed by atoms with E-state index in [1.165, 1.54) is 31.4 Å². The van der Waals surface area contributed by atoms with Gasteiger partial charge in [-0.15, -0.1) is 0 Å². The summed E-state index contributed by atoms with van der Waals surface area (Å²) in [4.78, 5) is 11.6. The van der Waals surface area contributed by atoms with E-state index < -0.39 is 15.8 Å². The number of methoxy groups -OCH3 is 1. The van der Waals surface area contributed by atoms with Gasteiger partial charge in [0.1, 0.15) is 5.75 Å². The molecule has 0 unspecified atom stereocenters. The van der Waals surface area contributed by atoms with E-state index in [1.807, 2.05) is 0 Å². The zero-order chi connectivity index (χ0) is 17.7. The fourth-order valence-electron chi connectivity index (χ4n) is 2.15. The molecule has 0 N–H and O–H groups in total. The Morgan fingerprint density at radius 2 is 1.88 bits per heavy atom. The summed E-state index contributed by atoms with van der Waals surface area (Å²) in [6.07, 6.45) is -0.0462. The molecule has 0 saturated carbocycles. The molecule has 0 aliphatic heterocycles. The molecule has 128 valence electrons. The number of carbonyl (C=O) groups excluding carboxylic acids is 1. The average Bonchev–Trinajstić information content (AvgIpc) is 2.54. The highest BCUT2D eigenvalue weighted by atomic mass is 35.5. The van der Waals surface area contributed by atoms with Crippen LogP contribution in [0, 0.1) is 0 Å². The van der Waals surface area contributed by atoms with Gasteiger partial charge in [0.05, 0.1) is 29.9 Å². The second kappa shape index (κ2) is 7.68. The van der Waals surface area contributed by atoms with E-state index >= 15 is 0 Å². The molecule has 0 radical (unpaired) electrons. The maximum absolute atomic E-state index is 12.8. The molecule has 0 fully saturated rings. The average molecular weight is 369 g/mol. The number of esters is 1. The van der Waals surface area contributed by atoms with Crippen molar-refractivity contribution in [2.24, 2.45) is 0 Å². The van der Waals surface area contributed by atoms with E-state index in [0.29, 0.717) is 22.9 Å². The molecule has 0 amide bonds. The predicted octanol–water partition coefficient (Wildman–Crippen LogP) is 3.29. The molecule has 0 spiro atoms. The third-order valence-corrected chi connectivity index (χ3v) is 5.21. The summed E-state index contributed by atoms with van der Waals surface area (Å²) in [5.74, 6) is -0.0886. The number of rotatable bonds is 6. The van der Waals surface area contributed by atoms with Crippen molar-refractivity contribution in [3.05, 3.63) is 53.1 Å². The monoisotopic (exact) mass is 368 g/mol. The van der Waals surface area contributed by atoms with Crippen molar-refractivity contribution >= 4 is 27.4 Å². The fraction of sp³-hybridized carbons (Fsp3) is 0.235. The standard InChI is InChI=1S/C17H17ClO5S/c1-3-23-14-7-12(9-17(19)22-2)8-16(11-14)24(20,21)15-6-4-5-13(18)10-15/h4-8,10-11H,3,9H2,1-2H3. The van der Waals surface area contributed by atoms with Crippen LogP contribution >= 0.6 is 11.6 Å². The highest BCUT2D eigenvalue weighted by Crippen LogP contribution is 2.28. The Labute approximate surface area is 146 Å². The normalized spacial score (nSPS) is 11.1. The second-order valence-electron chi connectivity index (χ2n) is 4.96. The second-order valence-corrected chi connectivity index (χ2v) is 7.35. The van der Waals surface area contributed by atoms with Crippen LogP contribution in [0.3, 0.4) is 0 Å². The summed E-state index contributed by atoms with van der Waals surface area (Å²) >= 11 is 5.89. The summed E-state index contributed by atoms with van der Waals surface area (Å²) in [5.41, 5.74) is 0.494. The highest BCUT2D eigenvalue weighted by molar-refractivity contribution is 7.91. The van der Waals surface area contributed by atoms with Gasteiger partial charge in [-0.1, -0.05) is 17.7 Å². The Balaban J connectivity index is 2.53. The van der Waals surface area contributed by atoms with Crippen molar-refractivity contribution in [3.8, 4) is 5.75 Å². The predicted molar refractivity (Wildman–Crippen MR) is 90.2 cm³/mol. The Morgan fingerprint density at radius 3 is 2.50 bits per heavy atom. The van der Waals surface area contributed by atoms with Gasteiger partial charge < -0.3 is 9.47 Å². The molecule has 5 nitrogen and oxygen atoms in total.